The van der Waals surface area contributed by atoms with E-state index in [1.165, 1.54) is 4.80 Å². The Kier molecular flexibility index (Phi) is 5.80. The maximum absolute atomic E-state index is 12.0. The van der Waals surface area contributed by atoms with E-state index in [9.17, 15) is 4.79 Å². The first-order chi connectivity index (χ1) is 13.0. The lowest BCUT2D eigenvalue weighted by molar-refractivity contribution is 0.0378. The largest absolute Gasteiger partial charge is 0.492 e. The van der Waals surface area contributed by atoms with Crippen LogP contribution < -0.4 is 4.74 Å². The number of esters is 1. The molecule has 0 aliphatic heterocycles. The number of aromatic nitrogens is 4. The number of nitrogens with zero attached hydrogens (tertiary/aromatic N) is 4. The first-order valence-corrected chi connectivity index (χ1v) is 8.80. The van der Waals surface area contributed by atoms with Crippen molar-refractivity contribution in [3.8, 4) is 17.1 Å². The topological polar surface area (TPSA) is 79.1 Å². The number of ether oxygens (including phenoxy) is 2. The molecular formula is C20H22N4O3. The van der Waals surface area contributed by atoms with Crippen molar-refractivity contribution in [2.45, 2.75) is 33.4 Å². The molecule has 0 amide bonds. The summed E-state index contributed by atoms with van der Waals surface area (Å²) in [6.45, 7) is 6.54. The summed E-state index contributed by atoms with van der Waals surface area (Å²) in [6.07, 6.45) is -0.173. The molecule has 7 heteroatoms. The summed E-state index contributed by atoms with van der Waals surface area (Å²) in [4.78, 5) is 13.5. The lowest BCUT2D eigenvalue weighted by atomic mass is 10.1. The molecule has 0 radical (unpaired) electrons. The highest BCUT2D eigenvalue weighted by molar-refractivity contribution is 5.90. The van der Waals surface area contributed by atoms with Gasteiger partial charge in [-0.15, -0.1) is 10.2 Å². The molecule has 0 aliphatic rings. The number of hydrogen-bond donors (Lipinski definition) is 0. The zero-order chi connectivity index (χ0) is 19.2. The third kappa shape index (κ3) is 5.13. The molecule has 140 valence electrons. The molecule has 3 rings (SSSR count). The lowest BCUT2D eigenvalue weighted by Gasteiger charge is -2.08. The van der Waals surface area contributed by atoms with Crippen LogP contribution in [0.1, 0.15) is 29.8 Å². The van der Waals surface area contributed by atoms with Crippen molar-refractivity contribution in [2.75, 3.05) is 6.61 Å². The van der Waals surface area contributed by atoms with Crippen LogP contribution in [0.25, 0.3) is 11.4 Å². The molecular weight excluding hydrogens is 344 g/mol. The number of rotatable bonds is 7. The van der Waals surface area contributed by atoms with Gasteiger partial charge in [0.05, 0.1) is 18.2 Å². The Morgan fingerprint density at radius 3 is 2.74 bits per heavy atom. The molecule has 0 spiro atoms. The number of benzene rings is 2. The molecule has 0 saturated carbocycles. The summed E-state index contributed by atoms with van der Waals surface area (Å²) in [6, 6.07) is 14.9. The second kappa shape index (κ2) is 8.44. The standard InChI is InChI=1S/C20H22N4O3/c1-14(2)27-20(25)17-8-5-7-16(13-17)19-21-23-24(22-19)10-11-26-18-9-4-6-15(3)12-18/h4-9,12-14H,10-11H2,1-3H3. The Labute approximate surface area is 157 Å². The lowest BCUT2D eigenvalue weighted by Crippen LogP contribution is -2.11. The van der Waals surface area contributed by atoms with Crippen LogP contribution in [-0.2, 0) is 11.3 Å². The van der Waals surface area contributed by atoms with E-state index in [2.05, 4.69) is 15.4 Å². The molecule has 7 nitrogen and oxygen atoms in total. The molecule has 0 unspecified atom stereocenters. The summed E-state index contributed by atoms with van der Waals surface area (Å²) in [5.74, 6) is 0.891. The van der Waals surface area contributed by atoms with E-state index in [4.69, 9.17) is 9.47 Å². The predicted octanol–water partition coefficient (Wildman–Crippen LogP) is 3.29. The van der Waals surface area contributed by atoms with Crippen LogP contribution in [0.5, 0.6) is 5.75 Å². The Balaban J connectivity index is 1.62. The quantitative estimate of drug-likeness (QED) is 0.597. The minimum Gasteiger partial charge on any atom is -0.492 e. The normalized spacial score (nSPS) is 10.8. The number of aryl methyl sites for hydroxylation is 1. The van der Waals surface area contributed by atoms with E-state index in [0.29, 0.717) is 30.1 Å². The summed E-state index contributed by atoms with van der Waals surface area (Å²) >= 11 is 0. The van der Waals surface area contributed by atoms with Crippen LogP contribution in [0.2, 0.25) is 0 Å². The zero-order valence-corrected chi connectivity index (χ0v) is 15.6. The molecule has 2 aromatic carbocycles. The van der Waals surface area contributed by atoms with E-state index in [1.807, 2.05) is 51.1 Å². The maximum Gasteiger partial charge on any atom is 0.338 e. The van der Waals surface area contributed by atoms with Crippen LogP contribution in [0.3, 0.4) is 0 Å². The first-order valence-electron chi connectivity index (χ1n) is 8.80. The Morgan fingerprint density at radius 2 is 1.96 bits per heavy atom. The molecule has 0 aliphatic carbocycles. The molecule has 27 heavy (non-hydrogen) atoms. The Hall–Kier alpha value is -3.22. The molecule has 0 N–H and O–H groups in total. The smallest absolute Gasteiger partial charge is 0.338 e. The van der Waals surface area contributed by atoms with Crippen LogP contribution in [0, 0.1) is 6.92 Å². The van der Waals surface area contributed by atoms with Crippen molar-refractivity contribution in [1.29, 1.82) is 0 Å². The highest BCUT2D eigenvalue weighted by Gasteiger charge is 2.12. The van der Waals surface area contributed by atoms with E-state index < -0.39 is 0 Å². The molecule has 0 saturated heterocycles. The van der Waals surface area contributed by atoms with Crippen molar-refractivity contribution >= 4 is 5.97 Å². The summed E-state index contributed by atoms with van der Waals surface area (Å²) in [7, 11) is 0. The van der Waals surface area contributed by atoms with Gasteiger partial charge in [-0.05, 0) is 55.8 Å². The Morgan fingerprint density at radius 1 is 1.15 bits per heavy atom. The first kappa shape index (κ1) is 18.6. The minimum atomic E-state index is -0.370. The Bertz CT molecular complexity index is 921. The molecule has 0 bridgehead atoms. The highest BCUT2D eigenvalue weighted by Crippen LogP contribution is 2.17. The van der Waals surface area contributed by atoms with Gasteiger partial charge in [-0.1, -0.05) is 24.3 Å². The van der Waals surface area contributed by atoms with Gasteiger partial charge in [0.25, 0.3) is 0 Å². The van der Waals surface area contributed by atoms with Crippen LogP contribution in [-0.4, -0.2) is 38.9 Å². The van der Waals surface area contributed by atoms with Crippen LogP contribution in [0.15, 0.2) is 48.5 Å². The van der Waals surface area contributed by atoms with E-state index in [1.54, 1.807) is 18.2 Å². The second-order valence-electron chi connectivity index (χ2n) is 6.41. The number of carbonyl (C=O) groups is 1. The fourth-order valence-electron chi connectivity index (χ4n) is 2.47. The molecule has 1 heterocycles. The van der Waals surface area contributed by atoms with Gasteiger partial charge < -0.3 is 9.47 Å². The number of hydrogen-bond acceptors (Lipinski definition) is 6. The van der Waals surface area contributed by atoms with Gasteiger partial charge in [-0.3, -0.25) is 0 Å². The monoisotopic (exact) mass is 366 g/mol. The fraction of sp³-hybridized carbons (Fsp3) is 0.300. The van der Waals surface area contributed by atoms with Crippen LogP contribution >= 0.6 is 0 Å². The van der Waals surface area contributed by atoms with Crippen molar-refractivity contribution in [3.05, 3.63) is 59.7 Å². The van der Waals surface area contributed by atoms with Crippen molar-refractivity contribution in [1.82, 2.24) is 20.2 Å². The maximum atomic E-state index is 12.0. The van der Waals surface area contributed by atoms with Gasteiger partial charge in [0.1, 0.15) is 12.4 Å². The van der Waals surface area contributed by atoms with E-state index in [0.717, 1.165) is 11.3 Å². The third-order valence-electron chi connectivity index (χ3n) is 3.70. The minimum absolute atomic E-state index is 0.173. The molecule has 0 atom stereocenters. The van der Waals surface area contributed by atoms with Crippen molar-refractivity contribution in [2.24, 2.45) is 0 Å². The number of carbonyl (C=O) groups excluding carboxylic acids is 1. The zero-order valence-electron chi connectivity index (χ0n) is 15.6. The second-order valence-corrected chi connectivity index (χ2v) is 6.41. The molecule has 3 aromatic rings. The number of tetrazole rings is 1. The van der Waals surface area contributed by atoms with Crippen molar-refractivity contribution < 1.29 is 14.3 Å². The van der Waals surface area contributed by atoms with Gasteiger partial charge in [0.15, 0.2) is 0 Å². The van der Waals surface area contributed by atoms with Gasteiger partial charge in [0.2, 0.25) is 5.82 Å². The predicted molar refractivity (Wildman–Crippen MR) is 100 cm³/mol. The van der Waals surface area contributed by atoms with Crippen LogP contribution in [0.4, 0.5) is 0 Å². The summed E-state index contributed by atoms with van der Waals surface area (Å²) in [5.41, 5.74) is 2.31. The van der Waals surface area contributed by atoms with Gasteiger partial charge in [-0.2, -0.15) is 4.80 Å². The van der Waals surface area contributed by atoms with Gasteiger partial charge in [0, 0.05) is 5.56 Å². The van der Waals surface area contributed by atoms with Crippen molar-refractivity contribution in [3.63, 3.8) is 0 Å². The average Bonchev–Trinajstić information content (AvgIpc) is 3.10. The molecule has 0 fully saturated rings. The van der Waals surface area contributed by atoms with Gasteiger partial charge in [-0.25, -0.2) is 4.79 Å². The van der Waals surface area contributed by atoms with E-state index in [-0.39, 0.29) is 12.1 Å². The fourth-order valence-corrected chi connectivity index (χ4v) is 2.47. The average molecular weight is 366 g/mol. The van der Waals surface area contributed by atoms with E-state index >= 15 is 0 Å². The van der Waals surface area contributed by atoms with Gasteiger partial charge >= 0.3 is 5.97 Å². The highest BCUT2D eigenvalue weighted by atomic mass is 16.5. The molecule has 1 aromatic heterocycles. The third-order valence-corrected chi connectivity index (χ3v) is 3.70. The summed E-state index contributed by atoms with van der Waals surface area (Å²) < 4.78 is 10.9. The SMILES string of the molecule is Cc1cccc(OCCn2nnc(-c3cccc(C(=O)OC(C)C)c3)n2)c1. The summed E-state index contributed by atoms with van der Waals surface area (Å²) in [5, 5.41) is 12.5.